The molecule has 0 spiro atoms. The van der Waals surface area contributed by atoms with Crippen LogP contribution in [0.2, 0.25) is 0 Å². The zero-order valence-electron chi connectivity index (χ0n) is 20.3. The number of aryl methyl sites for hydroxylation is 2. The number of rotatable bonds is 6. The highest BCUT2D eigenvalue weighted by atomic mass is 16.5. The molecule has 0 bridgehead atoms. The highest BCUT2D eigenvalue weighted by Crippen LogP contribution is 2.45. The van der Waals surface area contributed by atoms with Crippen molar-refractivity contribution in [3.05, 3.63) is 94.6 Å². The lowest BCUT2D eigenvalue weighted by molar-refractivity contribution is -0.132. The number of anilines is 1. The van der Waals surface area contributed by atoms with Crippen LogP contribution in [-0.4, -0.2) is 28.5 Å². The maximum absolute atomic E-state index is 13.3. The molecular formula is C29H29NO5. The van der Waals surface area contributed by atoms with Crippen LogP contribution in [0, 0.1) is 19.8 Å². The van der Waals surface area contributed by atoms with E-state index in [0.29, 0.717) is 29.4 Å². The summed E-state index contributed by atoms with van der Waals surface area (Å²) in [5, 5.41) is 22.0. The molecular weight excluding hydrogens is 442 g/mol. The number of Topliss-reactive ketones (excluding diaryl/α,β-unsaturated/α-hetero) is 1. The van der Waals surface area contributed by atoms with Crippen LogP contribution < -0.4 is 9.64 Å². The molecule has 3 aromatic rings. The molecule has 1 aliphatic rings. The Labute approximate surface area is 205 Å². The molecule has 1 atom stereocenters. The Morgan fingerprint density at radius 3 is 2.40 bits per heavy atom. The number of hydrogen-bond acceptors (Lipinski definition) is 5. The second-order valence-electron chi connectivity index (χ2n) is 9.31. The van der Waals surface area contributed by atoms with Crippen molar-refractivity contribution in [1.82, 2.24) is 0 Å². The molecule has 1 fully saturated rings. The number of ketones is 1. The first-order valence-electron chi connectivity index (χ1n) is 11.6. The van der Waals surface area contributed by atoms with E-state index in [1.54, 1.807) is 42.5 Å². The molecule has 3 aromatic carbocycles. The number of phenols is 1. The first-order chi connectivity index (χ1) is 16.7. The molecule has 1 saturated heterocycles. The molecule has 1 aliphatic heterocycles. The fraction of sp³-hybridized carbons (Fsp3) is 0.241. The molecule has 0 aromatic heterocycles. The summed E-state index contributed by atoms with van der Waals surface area (Å²) in [5.74, 6) is -1.17. The number of ether oxygens (including phenoxy) is 1. The third-order valence-electron chi connectivity index (χ3n) is 5.88. The van der Waals surface area contributed by atoms with Crippen molar-refractivity contribution in [2.75, 3.05) is 11.5 Å². The number of amides is 1. The Bertz CT molecular complexity index is 1320. The monoisotopic (exact) mass is 471 g/mol. The van der Waals surface area contributed by atoms with Crippen molar-refractivity contribution in [3.63, 3.8) is 0 Å². The van der Waals surface area contributed by atoms with Gasteiger partial charge in [-0.05, 0) is 55.2 Å². The highest BCUT2D eigenvalue weighted by Gasteiger charge is 2.47. The summed E-state index contributed by atoms with van der Waals surface area (Å²) in [6.45, 7) is 8.32. The number of carbonyl (C=O) groups is 2. The van der Waals surface area contributed by atoms with Crippen LogP contribution in [0.15, 0.2) is 72.3 Å². The van der Waals surface area contributed by atoms with Gasteiger partial charge >= 0.3 is 0 Å². The Morgan fingerprint density at radius 1 is 0.971 bits per heavy atom. The first kappa shape index (κ1) is 24.1. The third-order valence-corrected chi connectivity index (χ3v) is 5.88. The quantitative estimate of drug-likeness (QED) is 0.275. The van der Waals surface area contributed by atoms with Crippen LogP contribution in [0.3, 0.4) is 0 Å². The summed E-state index contributed by atoms with van der Waals surface area (Å²) in [7, 11) is 0. The number of hydrogen-bond donors (Lipinski definition) is 2. The molecule has 0 radical (unpaired) electrons. The summed E-state index contributed by atoms with van der Waals surface area (Å²) in [5.41, 5.74) is 2.95. The van der Waals surface area contributed by atoms with Crippen LogP contribution in [0.1, 0.15) is 42.1 Å². The number of phenolic OH excluding ortho intramolecular Hbond substituents is 1. The maximum Gasteiger partial charge on any atom is 0.300 e. The van der Waals surface area contributed by atoms with Gasteiger partial charge in [-0.15, -0.1) is 0 Å². The molecule has 6 nitrogen and oxygen atoms in total. The minimum absolute atomic E-state index is 0.0393. The summed E-state index contributed by atoms with van der Waals surface area (Å²) in [6.07, 6.45) is 0. The Morgan fingerprint density at radius 2 is 1.69 bits per heavy atom. The van der Waals surface area contributed by atoms with Crippen molar-refractivity contribution in [1.29, 1.82) is 0 Å². The van der Waals surface area contributed by atoms with Gasteiger partial charge in [0.05, 0.1) is 23.9 Å². The highest BCUT2D eigenvalue weighted by molar-refractivity contribution is 6.52. The number of nitrogens with zero attached hydrogens (tertiary/aromatic N) is 1. The van der Waals surface area contributed by atoms with E-state index < -0.39 is 17.7 Å². The molecule has 2 N–H and O–H groups in total. The Balaban J connectivity index is 1.90. The van der Waals surface area contributed by atoms with Gasteiger partial charge in [-0.1, -0.05) is 61.9 Å². The van der Waals surface area contributed by atoms with Gasteiger partial charge in [-0.3, -0.25) is 14.5 Å². The van der Waals surface area contributed by atoms with Crippen LogP contribution >= 0.6 is 0 Å². The molecule has 0 saturated carbocycles. The summed E-state index contributed by atoms with van der Waals surface area (Å²) in [6, 6.07) is 18.2. The number of benzene rings is 3. The molecule has 180 valence electrons. The van der Waals surface area contributed by atoms with Gasteiger partial charge in [0.1, 0.15) is 17.3 Å². The first-order valence-corrected chi connectivity index (χ1v) is 11.6. The molecule has 6 heteroatoms. The van der Waals surface area contributed by atoms with E-state index in [4.69, 9.17) is 4.74 Å². The lowest BCUT2D eigenvalue weighted by atomic mass is 9.94. The van der Waals surface area contributed by atoms with Crippen molar-refractivity contribution in [3.8, 4) is 11.5 Å². The largest absolute Gasteiger partial charge is 0.507 e. The zero-order chi connectivity index (χ0) is 25.3. The average Bonchev–Trinajstić information content (AvgIpc) is 3.09. The Hall–Kier alpha value is -4.06. The van der Waals surface area contributed by atoms with Crippen LogP contribution in [0.5, 0.6) is 11.5 Å². The Kier molecular flexibility index (Phi) is 6.65. The molecule has 35 heavy (non-hydrogen) atoms. The van der Waals surface area contributed by atoms with Gasteiger partial charge in [0.2, 0.25) is 0 Å². The topological polar surface area (TPSA) is 87.1 Å². The van der Waals surface area contributed by atoms with Gasteiger partial charge in [0.25, 0.3) is 11.7 Å². The van der Waals surface area contributed by atoms with E-state index in [0.717, 1.165) is 11.1 Å². The van der Waals surface area contributed by atoms with E-state index in [1.165, 1.54) is 11.0 Å². The van der Waals surface area contributed by atoms with E-state index in [1.807, 2.05) is 45.9 Å². The van der Waals surface area contributed by atoms with E-state index in [2.05, 4.69) is 0 Å². The van der Waals surface area contributed by atoms with E-state index >= 15 is 0 Å². The second-order valence-corrected chi connectivity index (χ2v) is 9.31. The molecule has 1 amide bonds. The lowest BCUT2D eigenvalue weighted by Gasteiger charge is -2.26. The van der Waals surface area contributed by atoms with Crippen LogP contribution in [0.4, 0.5) is 5.69 Å². The van der Waals surface area contributed by atoms with Crippen molar-refractivity contribution >= 4 is 23.1 Å². The summed E-state index contributed by atoms with van der Waals surface area (Å²) >= 11 is 0. The lowest BCUT2D eigenvalue weighted by Crippen LogP contribution is -2.29. The van der Waals surface area contributed by atoms with Gasteiger partial charge in [0, 0.05) is 5.56 Å². The fourth-order valence-electron chi connectivity index (χ4n) is 4.21. The molecule has 1 unspecified atom stereocenters. The SMILES string of the molecule is Cc1cccc(C2/C(=C(\O)c3cccc(OCC(C)C)c3)C(=O)C(=O)N2c2cc(C)ccc2O)c1. The van der Waals surface area contributed by atoms with E-state index in [-0.39, 0.29) is 22.8 Å². The molecule has 0 aliphatic carbocycles. The standard InChI is InChI=1S/C29H29NO5/c1-17(2)16-35-22-10-6-9-21(15-22)27(32)25-26(20-8-5-7-18(3)13-20)30(29(34)28(25)33)23-14-19(4)11-12-24(23)31/h5-15,17,26,31-32H,16H2,1-4H3/b27-25+. The van der Waals surface area contributed by atoms with Crippen molar-refractivity contribution < 1.29 is 24.5 Å². The van der Waals surface area contributed by atoms with Crippen molar-refractivity contribution in [2.45, 2.75) is 33.7 Å². The van der Waals surface area contributed by atoms with Gasteiger partial charge in [-0.2, -0.15) is 0 Å². The smallest absolute Gasteiger partial charge is 0.300 e. The minimum atomic E-state index is -0.914. The summed E-state index contributed by atoms with van der Waals surface area (Å²) in [4.78, 5) is 27.9. The number of aliphatic hydroxyl groups excluding tert-OH is 1. The predicted molar refractivity (Wildman–Crippen MR) is 136 cm³/mol. The van der Waals surface area contributed by atoms with Gasteiger partial charge in [-0.25, -0.2) is 0 Å². The molecule has 4 rings (SSSR count). The molecule has 1 heterocycles. The fourth-order valence-corrected chi connectivity index (χ4v) is 4.21. The number of aliphatic hydroxyl groups is 1. The minimum Gasteiger partial charge on any atom is -0.507 e. The van der Waals surface area contributed by atoms with Crippen LogP contribution in [0.25, 0.3) is 5.76 Å². The predicted octanol–water partition coefficient (Wildman–Crippen LogP) is 5.67. The summed E-state index contributed by atoms with van der Waals surface area (Å²) < 4.78 is 5.79. The third kappa shape index (κ3) is 4.78. The second kappa shape index (κ2) is 9.66. The van der Waals surface area contributed by atoms with Crippen LogP contribution in [-0.2, 0) is 9.59 Å². The normalized spacial score (nSPS) is 17.3. The number of aromatic hydroxyl groups is 1. The van der Waals surface area contributed by atoms with Gasteiger partial charge < -0.3 is 14.9 Å². The van der Waals surface area contributed by atoms with Gasteiger partial charge in [0.15, 0.2) is 0 Å². The zero-order valence-corrected chi connectivity index (χ0v) is 20.3. The van der Waals surface area contributed by atoms with Crippen molar-refractivity contribution in [2.24, 2.45) is 5.92 Å². The average molecular weight is 472 g/mol. The maximum atomic E-state index is 13.3. The van der Waals surface area contributed by atoms with E-state index in [9.17, 15) is 19.8 Å². The number of carbonyl (C=O) groups excluding carboxylic acids is 2.